The quantitative estimate of drug-likeness (QED) is 0.792. The summed E-state index contributed by atoms with van der Waals surface area (Å²) < 4.78 is 10.4. The van der Waals surface area contributed by atoms with E-state index in [4.69, 9.17) is 15.0 Å². The monoisotopic (exact) mass is 354 g/mol. The lowest BCUT2D eigenvalue weighted by molar-refractivity contribution is -0.120. The number of benzene rings is 1. The van der Waals surface area contributed by atoms with Gasteiger partial charge < -0.3 is 20.3 Å². The number of aryl methyl sites for hydroxylation is 1. The summed E-state index contributed by atoms with van der Waals surface area (Å²) in [5.41, 5.74) is 5.80. The van der Waals surface area contributed by atoms with Crippen LogP contribution in [0.3, 0.4) is 0 Å². The van der Waals surface area contributed by atoms with Crippen LogP contribution in [-0.2, 0) is 11.4 Å². The maximum absolute atomic E-state index is 12.1. The van der Waals surface area contributed by atoms with Crippen molar-refractivity contribution >= 4 is 24.0 Å². The zero-order valence-corrected chi connectivity index (χ0v) is 14.9. The number of carbonyl (C=O) groups is 1. The molecule has 0 spiro atoms. The smallest absolute Gasteiger partial charge is 0.244 e. The fourth-order valence-corrected chi connectivity index (χ4v) is 2.09. The SMILES string of the molecule is CCCC(C)(N)C(=O)Nc1ccc(OCc2noc(C)n2)cc1.Cl. The number of aromatic nitrogens is 2. The number of ether oxygens (including phenoxy) is 1. The minimum absolute atomic E-state index is 0. The highest BCUT2D eigenvalue weighted by molar-refractivity contribution is 5.97. The number of carbonyl (C=O) groups excluding carboxylic acids is 1. The molecule has 0 radical (unpaired) electrons. The molecule has 2 rings (SSSR count). The van der Waals surface area contributed by atoms with Gasteiger partial charge in [-0.1, -0.05) is 18.5 Å². The number of anilines is 1. The van der Waals surface area contributed by atoms with Crippen LogP contribution in [0.1, 0.15) is 38.4 Å². The van der Waals surface area contributed by atoms with Crippen molar-refractivity contribution in [1.29, 1.82) is 0 Å². The van der Waals surface area contributed by atoms with Crippen molar-refractivity contribution < 1.29 is 14.1 Å². The molecule has 1 heterocycles. The van der Waals surface area contributed by atoms with Gasteiger partial charge in [0.1, 0.15) is 5.75 Å². The molecule has 1 unspecified atom stereocenters. The van der Waals surface area contributed by atoms with Crippen LogP contribution in [0.4, 0.5) is 5.69 Å². The summed E-state index contributed by atoms with van der Waals surface area (Å²) in [5.74, 6) is 1.43. The zero-order chi connectivity index (χ0) is 16.9. The van der Waals surface area contributed by atoms with Crippen LogP contribution in [0.2, 0.25) is 0 Å². The second kappa shape index (κ2) is 8.65. The largest absolute Gasteiger partial charge is 0.485 e. The van der Waals surface area contributed by atoms with E-state index in [0.29, 0.717) is 29.6 Å². The second-order valence-electron chi connectivity index (χ2n) is 5.66. The van der Waals surface area contributed by atoms with E-state index in [1.165, 1.54) is 0 Å². The van der Waals surface area contributed by atoms with Crippen LogP contribution in [0.15, 0.2) is 28.8 Å². The lowest BCUT2D eigenvalue weighted by atomic mass is 9.96. The molecule has 0 aliphatic rings. The number of halogens is 1. The minimum Gasteiger partial charge on any atom is -0.485 e. The number of rotatable bonds is 7. The fraction of sp³-hybridized carbons (Fsp3) is 0.438. The molecule has 1 amide bonds. The number of amides is 1. The Hall–Kier alpha value is -2.12. The molecule has 132 valence electrons. The van der Waals surface area contributed by atoms with E-state index in [0.717, 1.165) is 6.42 Å². The van der Waals surface area contributed by atoms with Crippen LogP contribution < -0.4 is 15.8 Å². The van der Waals surface area contributed by atoms with Crippen LogP contribution in [0, 0.1) is 6.92 Å². The summed E-state index contributed by atoms with van der Waals surface area (Å²) in [6.45, 7) is 5.67. The van der Waals surface area contributed by atoms with E-state index in [1.807, 2.05) is 6.92 Å². The number of hydrogen-bond donors (Lipinski definition) is 2. The summed E-state index contributed by atoms with van der Waals surface area (Å²) in [6.07, 6.45) is 1.48. The minimum atomic E-state index is -0.875. The maximum Gasteiger partial charge on any atom is 0.244 e. The lowest BCUT2D eigenvalue weighted by Crippen LogP contribution is -2.48. The Labute approximate surface area is 147 Å². The van der Waals surface area contributed by atoms with Crippen molar-refractivity contribution in [3.63, 3.8) is 0 Å². The van der Waals surface area contributed by atoms with Crippen LogP contribution >= 0.6 is 12.4 Å². The number of nitrogens with two attached hydrogens (primary N) is 1. The first-order valence-corrected chi connectivity index (χ1v) is 7.53. The van der Waals surface area contributed by atoms with E-state index in [9.17, 15) is 4.79 Å². The molecule has 24 heavy (non-hydrogen) atoms. The first-order valence-electron chi connectivity index (χ1n) is 7.53. The molecule has 0 aliphatic heterocycles. The summed E-state index contributed by atoms with van der Waals surface area (Å²) in [6, 6.07) is 7.04. The van der Waals surface area contributed by atoms with Gasteiger partial charge in [0.15, 0.2) is 6.61 Å². The maximum atomic E-state index is 12.1. The Morgan fingerprint density at radius 3 is 2.58 bits per heavy atom. The molecule has 1 atom stereocenters. The second-order valence-corrected chi connectivity index (χ2v) is 5.66. The van der Waals surface area contributed by atoms with Crippen LogP contribution in [-0.4, -0.2) is 21.6 Å². The molecule has 3 N–H and O–H groups in total. The van der Waals surface area contributed by atoms with Gasteiger partial charge in [-0.15, -0.1) is 12.4 Å². The molecule has 0 aliphatic carbocycles. The van der Waals surface area contributed by atoms with Crippen molar-refractivity contribution in [2.24, 2.45) is 5.73 Å². The molecule has 0 bridgehead atoms. The highest BCUT2D eigenvalue weighted by atomic mass is 35.5. The Morgan fingerprint density at radius 2 is 2.04 bits per heavy atom. The predicted octanol–water partition coefficient (Wildman–Crippen LogP) is 2.83. The van der Waals surface area contributed by atoms with Crippen molar-refractivity contribution in [2.45, 2.75) is 45.8 Å². The van der Waals surface area contributed by atoms with Gasteiger partial charge in [0.2, 0.25) is 17.6 Å². The number of hydrogen-bond acceptors (Lipinski definition) is 6. The molecule has 2 aromatic rings. The average molecular weight is 355 g/mol. The molecule has 0 saturated heterocycles. The highest BCUT2D eigenvalue weighted by Gasteiger charge is 2.27. The number of nitrogens with zero attached hydrogens (tertiary/aromatic N) is 2. The first-order chi connectivity index (χ1) is 10.9. The van der Waals surface area contributed by atoms with Gasteiger partial charge in [0.25, 0.3) is 0 Å². The number of nitrogens with one attached hydrogen (secondary N) is 1. The topological polar surface area (TPSA) is 103 Å². The highest BCUT2D eigenvalue weighted by Crippen LogP contribution is 2.18. The molecule has 1 aromatic heterocycles. The summed E-state index contributed by atoms with van der Waals surface area (Å²) >= 11 is 0. The van der Waals surface area contributed by atoms with Crippen molar-refractivity contribution in [3.05, 3.63) is 36.0 Å². The molecule has 1 aromatic carbocycles. The van der Waals surface area contributed by atoms with E-state index >= 15 is 0 Å². The standard InChI is InChI=1S/C16H22N4O3.ClH/c1-4-9-16(3,17)15(21)19-12-5-7-13(8-6-12)22-10-14-18-11(2)23-20-14;/h5-8H,4,9-10,17H2,1-3H3,(H,19,21);1H. The Bertz CT molecular complexity index is 656. The predicted molar refractivity (Wildman–Crippen MR) is 93.2 cm³/mol. The third kappa shape index (κ3) is 5.50. The van der Waals surface area contributed by atoms with Crippen LogP contribution in [0.25, 0.3) is 0 Å². The molecule has 0 fully saturated rings. The molecule has 0 saturated carbocycles. The van der Waals surface area contributed by atoms with Crippen molar-refractivity contribution in [3.8, 4) is 5.75 Å². The van der Waals surface area contributed by atoms with Gasteiger partial charge in [-0.3, -0.25) is 4.79 Å². The van der Waals surface area contributed by atoms with E-state index < -0.39 is 5.54 Å². The van der Waals surface area contributed by atoms with E-state index in [1.54, 1.807) is 38.1 Å². The summed E-state index contributed by atoms with van der Waals surface area (Å²) in [7, 11) is 0. The van der Waals surface area contributed by atoms with Gasteiger partial charge in [0.05, 0.1) is 5.54 Å². The normalized spacial score (nSPS) is 12.8. The van der Waals surface area contributed by atoms with Crippen molar-refractivity contribution in [2.75, 3.05) is 5.32 Å². The Kier molecular flexibility index (Phi) is 7.18. The van der Waals surface area contributed by atoms with Gasteiger partial charge in [-0.25, -0.2) is 0 Å². The molecule has 8 heteroatoms. The molecule has 7 nitrogen and oxygen atoms in total. The molecular weight excluding hydrogens is 332 g/mol. The lowest BCUT2D eigenvalue weighted by Gasteiger charge is -2.22. The Balaban J connectivity index is 0.00000288. The summed E-state index contributed by atoms with van der Waals surface area (Å²) in [5, 5.41) is 6.56. The third-order valence-corrected chi connectivity index (χ3v) is 3.34. The van der Waals surface area contributed by atoms with Gasteiger partial charge in [-0.05, 0) is 37.6 Å². The third-order valence-electron chi connectivity index (χ3n) is 3.34. The van der Waals surface area contributed by atoms with Crippen LogP contribution in [0.5, 0.6) is 5.75 Å². The Morgan fingerprint density at radius 1 is 1.38 bits per heavy atom. The average Bonchev–Trinajstić information content (AvgIpc) is 2.92. The van der Waals surface area contributed by atoms with E-state index in [-0.39, 0.29) is 24.9 Å². The zero-order valence-electron chi connectivity index (χ0n) is 14.0. The van der Waals surface area contributed by atoms with Gasteiger partial charge in [0, 0.05) is 12.6 Å². The first kappa shape index (κ1) is 19.9. The van der Waals surface area contributed by atoms with Crippen molar-refractivity contribution in [1.82, 2.24) is 10.1 Å². The molecular formula is C16H23ClN4O3. The van der Waals surface area contributed by atoms with Gasteiger partial charge in [-0.2, -0.15) is 4.98 Å². The van der Waals surface area contributed by atoms with E-state index in [2.05, 4.69) is 15.5 Å². The fourth-order valence-electron chi connectivity index (χ4n) is 2.09. The van der Waals surface area contributed by atoms with Gasteiger partial charge >= 0.3 is 0 Å². The summed E-state index contributed by atoms with van der Waals surface area (Å²) in [4.78, 5) is 16.2.